The van der Waals surface area contributed by atoms with E-state index >= 15 is 0 Å². The van der Waals surface area contributed by atoms with E-state index in [1.165, 1.54) is 6.92 Å². The fourth-order valence-electron chi connectivity index (χ4n) is 2.81. The quantitative estimate of drug-likeness (QED) is 0.104. The maximum absolute atomic E-state index is 12.8. The summed E-state index contributed by atoms with van der Waals surface area (Å²) in [4.78, 5) is 48.7. The first-order chi connectivity index (χ1) is 14.8. The van der Waals surface area contributed by atoms with Gasteiger partial charge in [0.15, 0.2) is 0 Å². The first-order valence-corrected chi connectivity index (χ1v) is 10.7. The van der Waals surface area contributed by atoms with Crippen molar-refractivity contribution >= 4 is 23.6 Å². The topological polar surface area (TPSA) is 208 Å². The van der Waals surface area contributed by atoms with Crippen LogP contribution in [0.5, 0.6) is 0 Å². The highest BCUT2D eigenvalue weighted by Crippen LogP contribution is 2.06. The first-order valence-electron chi connectivity index (χ1n) is 10.7. The van der Waals surface area contributed by atoms with E-state index in [0.717, 1.165) is 0 Å². The number of hydrogen-bond donors (Lipinski definition) is 7. The van der Waals surface area contributed by atoms with Crippen molar-refractivity contribution in [2.24, 2.45) is 22.9 Å². The minimum atomic E-state index is -0.885. The van der Waals surface area contributed by atoms with Gasteiger partial charge in [-0.1, -0.05) is 6.08 Å². The van der Waals surface area contributed by atoms with Crippen LogP contribution in [0.25, 0.3) is 0 Å². The van der Waals surface area contributed by atoms with E-state index in [-0.39, 0.29) is 11.6 Å². The van der Waals surface area contributed by atoms with Crippen LogP contribution in [0.4, 0.5) is 0 Å². The van der Waals surface area contributed by atoms with Gasteiger partial charge in [-0.15, -0.1) is 0 Å². The van der Waals surface area contributed by atoms with Crippen molar-refractivity contribution in [2.75, 3.05) is 19.6 Å². The van der Waals surface area contributed by atoms with Gasteiger partial charge in [-0.3, -0.25) is 19.2 Å². The van der Waals surface area contributed by atoms with Crippen LogP contribution >= 0.6 is 0 Å². The second kappa shape index (κ2) is 17.2. The molecule has 2 atom stereocenters. The number of unbranched alkanes of at least 4 members (excludes halogenated alkanes) is 3. The Morgan fingerprint density at radius 2 is 1.35 bits per heavy atom. The van der Waals surface area contributed by atoms with E-state index in [1.807, 2.05) is 0 Å². The van der Waals surface area contributed by atoms with Crippen molar-refractivity contribution < 1.29 is 19.2 Å². The third kappa shape index (κ3) is 13.4. The summed E-state index contributed by atoms with van der Waals surface area (Å²) in [6, 6.07) is -1.70. The summed E-state index contributed by atoms with van der Waals surface area (Å²) in [5.41, 5.74) is 21.8. The maximum atomic E-state index is 12.8. The summed E-state index contributed by atoms with van der Waals surface area (Å²) in [5.74, 6) is -2.19. The normalized spacial score (nSPS) is 13.2. The molecule has 0 heterocycles. The monoisotopic (exact) mass is 441 g/mol. The Hall–Kier alpha value is -2.50. The van der Waals surface area contributed by atoms with Crippen LogP contribution in [0.15, 0.2) is 11.8 Å². The third-order valence-corrected chi connectivity index (χ3v) is 4.50. The van der Waals surface area contributed by atoms with E-state index in [0.29, 0.717) is 71.0 Å². The Balaban J connectivity index is 5.33. The number of primary amides is 1. The summed E-state index contributed by atoms with van der Waals surface area (Å²) in [5, 5.41) is 7.72. The van der Waals surface area contributed by atoms with Gasteiger partial charge in [-0.25, -0.2) is 0 Å². The van der Waals surface area contributed by atoms with E-state index in [2.05, 4.69) is 16.0 Å². The Labute approximate surface area is 184 Å². The van der Waals surface area contributed by atoms with Crippen molar-refractivity contribution in [3.8, 4) is 0 Å². The molecule has 0 saturated carbocycles. The highest BCUT2D eigenvalue weighted by atomic mass is 16.2. The lowest BCUT2D eigenvalue weighted by Crippen LogP contribution is -2.50. The van der Waals surface area contributed by atoms with Gasteiger partial charge in [0.1, 0.15) is 17.8 Å². The zero-order chi connectivity index (χ0) is 23.6. The van der Waals surface area contributed by atoms with Crippen molar-refractivity contribution in [1.29, 1.82) is 0 Å². The molecular formula is C20H39N7O4. The van der Waals surface area contributed by atoms with Gasteiger partial charge in [-0.2, -0.15) is 0 Å². The molecule has 11 nitrogen and oxygen atoms in total. The third-order valence-electron chi connectivity index (χ3n) is 4.50. The van der Waals surface area contributed by atoms with Crippen LogP contribution in [0, 0.1) is 0 Å². The SMILES string of the molecule is CC(=O)NC(CCCCN)C(=O)N/C(=C\CCCN)C(=O)NC(CCCCN)C(N)=O. The van der Waals surface area contributed by atoms with E-state index < -0.39 is 29.8 Å². The molecule has 0 fully saturated rings. The second-order valence-electron chi connectivity index (χ2n) is 7.29. The number of carbonyl (C=O) groups excluding carboxylic acids is 4. The standard InChI is InChI=1S/C20H39N7O4/c1-14(28)25-16(9-3-6-12-22)19(30)27-17(10-4-7-13-23)20(31)26-15(18(24)29)8-2-5-11-21/h10,15-16H,2-9,11-13,21-23H2,1H3,(H2,24,29)(H,25,28)(H,26,31)(H,27,30)/b17-10-. The molecule has 0 aliphatic carbocycles. The molecule has 0 aromatic rings. The molecule has 11 N–H and O–H groups in total. The van der Waals surface area contributed by atoms with Gasteiger partial charge in [0.05, 0.1) is 0 Å². The largest absolute Gasteiger partial charge is 0.368 e. The molecule has 0 radical (unpaired) electrons. The van der Waals surface area contributed by atoms with Crippen LogP contribution in [0.1, 0.15) is 58.3 Å². The van der Waals surface area contributed by atoms with Crippen LogP contribution in [0.2, 0.25) is 0 Å². The molecule has 0 aromatic heterocycles. The second-order valence-corrected chi connectivity index (χ2v) is 7.29. The van der Waals surface area contributed by atoms with Crippen LogP contribution < -0.4 is 38.9 Å². The molecule has 0 spiro atoms. The zero-order valence-electron chi connectivity index (χ0n) is 18.5. The fraction of sp³-hybridized carbons (Fsp3) is 0.700. The molecular weight excluding hydrogens is 402 g/mol. The lowest BCUT2D eigenvalue weighted by Gasteiger charge is -2.20. The van der Waals surface area contributed by atoms with E-state index in [9.17, 15) is 19.2 Å². The Morgan fingerprint density at radius 1 is 0.806 bits per heavy atom. The maximum Gasteiger partial charge on any atom is 0.268 e. The molecule has 0 aliphatic rings. The highest BCUT2D eigenvalue weighted by Gasteiger charge is 2.24. The number of carbonyl (C=O) groups is 4. The minimum Gasteiger partial charge on any atom is -0.368 e. The van der Waals surface area contributed by atoms with E-state index in [1.54, 1.807) is 6.08 Å². The lowest BCUT2D eigenvalue weighted by molar-refractivity contribution is -0.129. The summed E-state index contributed by atoms with van der Waals surface area (Å²) in [6.07, 6.45) is 5.97. The number of rotatable bonds is 17. The highest BCUT2D eigenvalue weighted by molar-refractivity contribution is 6.00. The predicted octanol–water partition coefficient (Wildman–Crippen LogP) is -1.54. The molecule has 2 unspecified atom stereocenters. The van der Waals surface area contributed by atoms with Gasteiger partial charge in [0.2, 0.25) is 17.7 Å². The van der Waals surface area contributed by atoms with Gasteiger partial charge in [0, 0.05) is 6.92 Å². The van der Waals surface area contributed by atoms with Crippen molar-refractivity contribution in [2.45, 2.75) is 70.4 Å². The van der Waals surface area contributed by atoms with Gasteiger partial charge < -0.3 is 38.9 Å². The fourth-order valence-corrected chi connectivity index (χ4v) is 2.81. The Bertz CT molecular complexity index is 610. The number of hydrogen-bond acceptors (Lipinski definition) is 7. The molecule has 178 valence electrons. The summed E-state index contributed by atoms with van der Waals surface area (Å²) in [6.45, 7) is 2.66. The van der Waals surface area contributed by atoms with Crippen LogP contribution in [-0.4, -0.2) is 55.3 Å². The summed E-state index contributed by atoms with van der Waals surface area (Å²) < 4.78 is 0. The van der Waals surface area contributed by atoms with Gasteiger partial charge in [0.25, 0.3) is 5.91 Å². The molecule has 0 rings (SSSR count). The Morgan fingerprint density at radius 3 is 1.84 bits per heavy atom. The summed E-state index contributed by atoms with van der Waals surface area (Å²) in [7, 11) is 0. The van der Waals surface area contributed by atoms with E-state index in [4.69, 9.17) is 22.9 Å². The molecule has 4 amide bonds. The first kappa shape index (κ1) is 28.5. The molecule has 0 aliphatic heterocycles. The smallest absolute Gasteiger partial charge is 0.268 e. The molecule has 11 heteroatoms. The van der Waals surface area contributed by atoms with Crippen LogP contribution in [0.3, 0.4) is 0 Å². The number of amides is 4. The average molecular weight is 442 g/mol. The van der Waals surface area contributed by atoms with Gasteiger partial charge in [-0.05, 0) is 71.0 Å². The molecule has 0 aromatic carbocycles. The van der Waals surface area contributed by atoms with Gasteiger partial charge >= 0.3 is 0 Å². The van der Waals surface area contributed by atoms with Crippen molar-refractivity contribution in [3.63, 3.8) is 0 Å². The molecule has 0 bridgehead atoms. The number of allylic oxidation sites excluding steroid dienone is 1. The minimum absolute atomic E-state index is 0.0160. The lowest BCUT2D eigenvalue weighted by atomic mass is 10.1. The predicted molar refractivity (Wildman–Crippen MR) is 119 cm³/mol. The van der Waals surface area contributed by atoms with Crippen molar-refractivity contribution in [3.05, 3.63) is 11.8 Å². The average Bonchev–Trinajstić information content (AvgIpc) is 2.71. The zero-order valence-corrected chi connectivity index (χ0v) is 18.5. The molecule has 31 heavy (non-hydrogen) atoms. The summed E-state index contributed by atoms with van der Waals surface area (Å²) >= 11 is 0. The number of nitrogens with two attached hydrogens (primary N) is 4. The number of nitrogens with one attached hydrogen (secondary N) is 3. The Kier molecular flexibility index (Phi) is 15.8. The van der Waals surface area contributed by atoms with Crippen molar-refractivity contribution in [1.82, 2.24) is 16.0 Å². The van der Waals surface area contributed by atoms with Crippen LogP contribution in [-0.2, 0) is 19.2 Å². The molecule has 0 saturated heterocycles.